The van der Waals surface area contributed by atoms with Gasteiger partial charge in [-0.2, -0.15) is 0 Å². The number of carbonyl (C=O) groups excluding carboxylic acids is 1. The second-order valence-corrected chi connectivity index (χ2v) is 8.43. The molecule has 1 aromatic heterocycles. The summed E-state index contributed by atoms with van der Waals surface area (Å²) in [5, 5.41) is 14.4. The van der Waals surface area contributed by atoms with Crippen LogP contribution in [0.4, 0.5) is 5.69 Å². The van der Waals surface area contributed by atoms with Crippen molar-refractivity contribution in [3.05, 3.63) is 61.0 Å². The van der Waals surface area contributed by atoms with Crippen LogP contribution in [0.3, 0.4) is 0 Å². The summed E-state index contributed by atoms with van der Waals surface area (Å²) in [4.78, 5) is 28.3. The molecule has 1 heterocycles. The Kier molecular flexibility index (Phi) is 7.79. The Morgan fingerprint density at radius 2 is 1.97 bits per heavy atom. The van der Waals surface area contributed by atoms with Gasteiger partial charge >= 0.3 is 0 Å². The molecule has 1 aromatic carbocycles. The molecule has 0 aliphatic heterocycles. The van der Waals surface area contributed by atoms with E-state index in [-0.39, 0.29) is 24.1 Å². The molecule has 1 amide bonds. The average Bonchev–Trinajstić information content (AvgIpc) is 2.59. The summed E-state index contributed by atoms with van der Waals surface area (Å²) in [6.07, 6.45) is 1.69. The molecule has 2 rings (SSSR count). The van der Waals surface area contributed by atoms with E-state index in [0.29, 0.717) is 22.4 Å². The van der Waals surface area contributed by atoms with Crippen LogP contribution in [0.2, 0.25) is 0 Å². The molecular weight excluding hydrogens is 432 g/mol. The van der Waals surface area contributed by atoms with Gasteiger partial charge in [-0.3, -0.25) is 9.59 Å². The van der Waals surface area contributed by atoms with Crippen molar-refractivity contribution in [3.8, 4) is 0 Å². The zero-order valence-corrected chi connectivity index (χ0v) is 19.2. The second kappa shape index (κ2) is 9.87. The van der Waals surface area contributed by atoms with Crippen LogP contribution in [-0.2, 0) is 13.0 Å². The minimum atomic E-state index is -0.317. The topological polar surface area (TPSA) is 97.8 Å². The lowest BCUT2D eigenvalue weighted by Crippen LogP contribution is -2.30. The van der Waals surface area contributed by atoms with E-state index >= 15 is 0 Å². The molecule has 0 aliphatic rings. The van der Waals surface area contributed by atoms with Gasteiger partial charge in [-0.15, -0.1) is 0 Å². The first-order valence-electron chi connectivity index (χ1n) is 9.79. The van der Waals surface area contributed by atoms with Gasteiger partial charge < -0.3 is 21.0 Å². The highest BCUT2D eigenvalue weighted by atomic mass is 79.9. The van der Waals surface area contributed by atoms with E-state index in [1.54, 1.807) is 13.0 Å². The van der Waals surface area contributed by atoms with Gasteiger partial charge in [-0.25, -0.2) is 0 Å². The van der Waals surface area contributed by atoms with Crippen LogP contribution < -0.4 is 16.2 Å². The quantitative estimate of drug-likeness (QED) is 0.435. The molecule has 0 fully saturated rings. The van der Waals surface area contributed by atoms with Crippen molar-refractivity contribution in [2.24, 2.45) is 0 Å². The van der Waals surface area contributed by atoms with Crippen molar-refractivity contribution in [1.29, 1.82) is 5.41 Å². The summed E-state index contributed by atoms with van der Waals surface area (Å²) in [6, 6.07) is 5.69. The first kappa shape index (κ1) is 22.9. The molecule has 2 aromatic rings. The number of hydrogen-bond donors (Lipinski definition) is 4. The largest absolute Gasteiger partial charge is 0.382 e. The first-order valence-corrected chi connectivity index (χ1v) is 10.6. The molecule has 0 aliphatic carbocycles. The number of H-pyrrole nitrogens is 1. The lowest BCUT2D eigenvalue weighted by Gasteiger charge is -2.18. The van der Waals surface area contributed by atoms with Gasteiger partial charge in [0.1, 0.15) is 0 Å². The standard InChI is InChI=1S/C22H29BrN4O2/c1-6-7-15-8-13(4)27-22(29)18(15)11-25-21(28)17-9-16(23)10-19(26-12(2)3)20(17)14(5)24/h8-10,12,24,26H,6-7,11H2,1-5H3,(H,25,28)(H,27,29). The first-order chi connectivity index (χ1) is 13.6. The fourth-order valence-electron chi connectivity index (χ4n) is 3.35. The zero-order chi connectivity index (χ0) is 21.7. The number of rotatable bonds is 8. The molecule has 0 bridgehead atoms. The Labute approximate surface area is 180 Å². The lowest BCUT2D eigenvalue weighted by atomic mass is 9.99. The molecule has 0 radical (unpaired) electrons. The maximum atomic E-state index is 13.0. The number of aromatic nitrogens is 1. The fourth-order valence-corrected chi connectivity index (χ4v) is 3.81. The van der Waals surface area contributed by atoms with Crippen molar-refractivity contribution in [2.45, 2.75) is 60.0 Å². The van der Waals surface area contributed by atoms with Crippen molar-refractivity contribution in [2.75, 3.05) is 5.32 Å². The normalized spacial score (nSPS) is 10.9. The van der Waals surface area contributed by atoms with Crippen LogP contribution in [0.1, 0.15) is 66.9 Å². The number of anilines is 1. The van der Waals surface area contributed by atoms with Gasteiger partial charge in [0.05, 0.1) is 5.56 Å². The van der Waals surface area contributed by atoms with Crippen LogP contribution in [-0.4, -0.2) is 22.6 Å². The molecule has 0 atom stereocenters. The molecule has 0 spiro atoms. The van der Waals surface area contributed by atoms with Crippen molar-refractivity contribution < 1.29 is 4.79 Å². The Morgan fingerprint density at radius 3 is 2.55 bits per heavy atom. The van der Waals surface area contributed by atoms with E-state index < -0.39 is 0 Å². The molecule has 7 heteroatoms. The molecule has 0 saturated heterocycles. The van der Waals surface area contributed by atoms with Gasteiger partial charge in [-0.05, 0) is 57.9 Å². The van der Waals surface area contributed by atoms with Gasteiger partial charge in [0.2, 0.25) is 0 Å². The SMILES string of the molecule is CCCc1cc(C)[nH]c(=O)c1CNC(=O)c1cc(Br)cc(NC(C)C)c1C(C)=N. The summed E-state index contributed by atoms with van der Waals surface area (Å²) < 4.78 is 0.746. The number of halogens is 1. The highest BCUT2D eigenvalue weighted by Crippen LogP contribution is 2.27. The molecule has 0 saturated carbocycles. The Bertz CT molecular complexity index is 980. The lowest BCUT2D eigenvalue weighted by molar-refractivity contribution is 0.0950. The van der Waals surface area contributed by atoms with E-state index in [0.717, 1.165) is 34.3 Å². The van der Waals surface area contributed by atoms with Crippen LogP contribution >= 0.6 is 15.9 Å². The van der Waals surface area contributed by atoms with Crippen LogP contribution in [0.5, 0.6) is 0 Å². The number of benzene rings is 1. The minimum absolute atomic E-state index is 0.139. The Morgan fingerprint density at radius 1 is 1.28 bits per heavy atom. The highest BCUT2D eigenvalue weighted by molar-refractivity contribution is 9.10. The molecule has 6 nitrogen and oxygen atoms in total. The maximum Gasteiger partial charge on any atom is 0.253 e. The average molecular weight is 461 g/mol. The van der Waals surface area contributed by atoms with E-state index in [1.165, 1.54) is 0 Å². The molecule has 156 valence electrons. The smallest absolute Gasteiger partial charge is 0.253 e. The Hall–Kier alpha value is -2.41. The van der Waals surface area contributed by atoms with Crippen molar-refractivity contribution in [1.82, 2.24) is 10.3 Å². The number of hydrogen-bond acceptors (Lipinski definition) is 4. The predicted molar refractivity (Wildman–Crippen MR) is 122 cm³/mol. The number of aromatic amines is 1. The summed E-state index contributed by atoms with van der Waals surface area (Å²) >= 11 is 3.46. The van der Waals surface area contributed by atoms with Crippen LogP contribution in [0, 0.1) is 12.3 Å². The van der Waals surface area contributed by atoms with Gasteiger partial charge in [0, 0.05) is 45.3 Å². The molecule has 29 heavy (non-hydrogen) atoms. The third-order valence-corrected chi connectivity index (χ3v) is 4.93. The second-order valence-electron chi connectivity index (χ2n) is 7.52. The Balaban J connectivity index is 2.38. The third-order valence-electron chi connectivity index (χ3n) is 4.48. The number of nitrogens with one attached hydrogen (secondary N) is 4. The van der Waals surface area contributed by atoms with E-state index in [4.69, 9.17) is 5.41 Å². The van der Waals surface area contributed by atoms with E-state index in [1.807, 2.05) is 32.9 Å². The third kappa shape index (κ3) is 5.79. The summed E-state index contributed by atoms with van der Waals surface area (Å²) in [5.41, 5.74) is 4.16. The maximum absolute atomic E-state index is 13.0. The van der Waals surface area contributed by atoms with Crippen molar-refractivity contribution >= 4 is 33.2 Å². The van der Waals surface area contributed by atoms with Gasteiger partial charge in [0.25, 0.3) is 11.5 Å². The zero-order valence-electron chi connectivity index (χ0n) is 17.6. The number of amides is 1. The van der Waals surface area contributed by atoms with Crippen LogP contribution in [0.25, 0.3) is 0 Å². The number of carbonyl (C=O) groups is 1. The molecular formula is C22H29BrN4O2. The van der Waals surface area contributed by atoms with Crippen molar-refractivity contribution in [3.63, 3.8) is 0 Å². The summed E-state index contributed by atoms with van der Waals surface area (Å²) in [5.74, 6) is -0.317. The molecule has 4 N–H and O–H groups in total. The number of pyridine rings is 1. The minimum Gasteiger partial charge on any atom is -0.382 e. The predicted octanol–water partition coefficient (Wildman–Crippen LogP) is 4.54. The highest BCUT2D eigenvalue weighted by Gasteiger charge is 2.19. The number of aryl methyl sites for hydroxylation is 2. The van der Waals surface area contributed by atoms with Gasteiger partial charge in [0.15, 0.2) is 0 Å². The van der Waals surface area contributed by atoms with Gasteiger partial charge in [-0.1, -0.05) is 29.3 Å². The van der Waals surface area contributed by atoms with Crippen LogP contribution in [0.15, 0.2) is 27.5 Å². The summed E-state index contributed by atoms with van der Waals surface area (Å²) in [6.45, 7) is 9.72. The summed E-state index contributed by atoms with van der Waals surface area (Å²) in [7, 11) is 0. The monoisotopic (exact) mass is 460 g/mol. The molecule has 0 unspecified atom stereocenters. The fraction of sp³-hybridized carbons (Fsp3) is 0.409. The van der Waals surface area contributed by atoms with E-state index in [9.17, 15) is 9.59 Å². The van der Waals surface area contributed by atoms with E-state index in [2.05, 4.69) is 38.5 Å².